The Morgan fingerprint density at radius 2 is 1.79 bits per heavy atom. The predicted molar refractivity (Wildman–Crippen MR) is 121 cm³/mol. The summed E-state index contributed by atoms with van der Waals surface area (Å²) in [6.07, 6.45) is 3.09. The van der Waals surface area contributed by atoms with E-state index in [0.717, 1.165) is 50.6 Å². The molecule has 1 fully saturated rings. The average Bonchev–Trinajstić information content (AvgIpc) is 2.78. The van der Waals surface area contributed by atoms with E-state index in [2.05, 4.69) is 46.1 Å². The van der Waals surface area contributed by atoms with Gasteiger partial charge in [0.05, 0.1) is 39.8 Å². The Balaban J connectivity index is 1.30. The van der Waals surface area contributed by atoms with E-state index in [9.17, 15) is 4.79 Å². The number of carbonyl (C=O) groups is 1. The highest BCUT2D eigenvalue weighted by Gasteiger charge is 2.19. The maximum atomic E-state index is 12.0. The van der Waals surface area contributed by atoms with Crippen molar-refractivity contribution in [2.24, 2.45) is 0 Å². The molecule has 6 nitrogen and oxygen atoms in total. The van der Waals surface area contributed by atoms with E-state index in [4.69, 9.17) is 4.74 Å². The van der Waals surface area contributed by atoms with E-state index in [1.54, 1.807) is 23.8 Å². The molecule has 2 aromatic carbocycles. The van der Waals surface area contributed by atoms with E-state index in [0.29, 0.717) is 6.54 Å². The molecule has 2 aromatic rings. The highest BCUT2D eigenvalue weighted by atomic mass is 32.2. The van der Waals surface area contributed by atoms with Crippen molar-refractivity contribution >= 4 is 29.2 Å². The van der Waals surface area contributed by atoms with E-state index in [1.165, 1.54) is 10.6 Å². The standard InChI is InChI=1S/C22H30N4O2S/c1-28-20-8-4-18(5-9-20)24-22(27)23-12-3-13-25-14-16-26(17-15-25)19-6-10-21(29-2)11-7-19/h4-11H,3,12-17H2,1-2H3,(H2,23,24,27)/p+1. The molecule has 1 heterocycles. The van der Waals surface area contributed by atoms with Crippen molar-refractivity contribution in [3.05, 3.63) is 48.5 Å². The lowest BCUT2D eigenvalue weighted by atomic mass is 10.2. The fourth-order valence-electron chi connectivity index (χ4n) is 3.51. The Labute approximate surface area is 177 Å². The van der Waals surface area contributed by atoms with Gasteiger partial charge in [-0.15, -0.1) is 11.8 Å². The average molecular weight is 416 g/mol. The van der Waals surface area contributed by atoms with Crippen LogP contribution in [0.25, 0.3) is 0 Å². The van der Waals surface area contributed by atoms with Gasteiger partial charge in [0.1, 0.15) is 5.75 Å². The minimum absolute atomic E-state index is 0.163. The lowest BCUT2D eigenvalue weighted by Crippen LogP contribution is -3.15. The lowest BCUT2D eigenvalue weighted by molar-refractivity contribution is -0.900. The van der Waals surface area contributed by atoms with Crippen molar-refractivity contribution in [2.45, 2.75) is 11.3 Å². The summed E-state index contributed by atoms with van der Waals surface area (Å²) in [7, 11) is 1.62. The maximum Gasteiger partial charge on any atom is 0.319 e. The normalized spacial score (nSPS) is 14.5. The number of methoxy groups -OCH3 is 1. The van der Waals surface area contributed by atoms with Gasteiger partial charge in [-0.2, -0.15) is 0 Å². The second-order valence-corrected chi connectivity index (χ2v) is 8.03. The highest BCUT2D eigenvalue weighted by molar-refractivity contribution is 7.98. The summed E-state index contributed by atoms with van der Waals surface area (Å²) in [5, 5.41) is 5.78. The van der Waals surface area contributed by atoms with Crippen molar-refractivity contribution in [1.82, 2.24) is 5.32 Å². The number of nitrogens with one attached hydrogen (secondary N) is 3. The van der Waals surface area contributed by atoms with Crippen molar-refractivity contribution in [2.75, 3.05) is 62.9 Å². The molecule has 3 rings (SSSR count). The Morgan fingerprint density at radius 3 is 2.41 bits per heavy atom. The number of piperazine rings is 1. The summed E-state index contributed by atoms with van der Waals surface area (Å²) in [4.78, 5) is 17.4. The number of hydrogen-bond acceptors (Lipinski definition) is 4. The van der Waals surface area contributed by atoms with Crippen LogP contribution in [-0.2, 0) is 0 Å². The smallest absolute Gasteiger partial charge is 0.319 e. The van der Waals surface area contributed by atoms with Crippen LogP contribution >= 0.6 is 11.8 Å². The fraction of sp³-hybridized carbons (Fsp3) is 0.409. The van der Waals surface area contributed by atoms with Gasteiger partial charge >= 0.3 is 6.03 Å². The minimum Gasteiger partial charge on any atom is -0.497 e. The Kier molecular flexibility index (Phi) is 8.07. The Morgan fingerprint density at radius 1 is 1.10 bits per heavy atom. The number of rotatable bonds is 8. The molecule has 2 amide bonds. The number of amides is 2. The van der Waals surface area contributed by atoms with Crippen LogP contribution in [-0.4, -0.2) is 58.7 Å². The number of nitrogens with zero attached hydrogens (tertiary/aromatic N) is 1. The van der Waals surface area contributed by atoms with Gasteiger partial charge in [0.25, 0.3) is 0 Å². The van der Waals surface area contributed by atoms with Crippen molar-refractivity contribution < 1.29 is 14.4 Å². The largest absolute Gasteiger partial charge is 0.497 e. The molecule has 7 heteroatoms. The second kappa shape index (κ2) is 11.0. The van der Waals surface area contributed by atoms with Gasteiger partial charge in [-0.1, -0.05) is 0 Å². The van der Waals surface area contributed by atoms with Crippen LogP contribution in [0.4, 0.5) is 16.2 Å². The molecule has 0 radical (unpaired) electrons. The molecule has 0 bridgehead atoms. The van der Waals surface area contributed by atoms with Gasteiger partial charge in [-0.3, -0.25) is 0 Å². The molecule has 0 spiro atoms. The molecule has 0 unspecified atom stereocenters. The highest BCUT2D eigenvalue weighted by Crippen LogP contribution is 2.20. The third-order valence-electron chi connectivity index (χ3n) is 5.25. The first-order valence-electron chi connectivity index (χ1n) is 10.1. The molecular weight excluding hydrogens is 384 g/mol. The summed E-state index contributed by atoms with van der Waals surface area (Å²) in [5.74, 6) is 0.774. The zero-order chi connectivity index (χ0) is 20.5. The predicted octanol–water partition coefficient (Wildman–Crippen LogP) is 2.33. The maximum absolute atomic E-state index is 12.0. The van der Waals surface area contributed by atoms with Crippen LogP contribution in [0.15, 0.2) is 53.4 Å². The second-order valence-electron chi connectivity index (χ2n) is 7.15. The molecule has 1 aliphatic heterocycles. The summed E-state index contributed by atoms with van der Waals surface area (Å²) in [6.45, 7) is 6.22. The van der Waals surface area contributed by atoms with Gasteiger partial charge in [0, 0.05) is 29.2 Å². The zero-order valence-corrected chi connectivity index (χ0v) is 18.1. The third-order valence-corrected chi connectivity index (χ3v) is 5.99. The Bertz CT molecular complexity index is 759. The van der Waals surface area contributed by atoms with Crippen LogP contribution in [0.3, 0.4) is 0 Å². The monoisotopic (exact) mass is 415 g/mol. The van der Waals surface area contributed by atoms with Gasteiger partial charge in [0.15, 0.2) is 0 Å². The molecule has 0 aliphatic carbocycles. The number of anilines is 2. The molecular formula is C22H31N4O2S+. The first kappa shape index (κ1) is 21.3. The minimum atomic E-state index is -0.163. The Hall–Kier alpha value is -2.38. The molecule has 1 aliphatic rings. The van der Waals surface area contributed by atoms with Gasteiger partial charge < -0.3 is 25.2 Å². The van der Waals surface area contributed by atoms with Crippen LogP contribution in [0.5, 0.6) is 5.75 Å². The molecule has 3 N–H and O–H groups in total. The summed E-state index contributed by atoms with van der Waals surface area (Å²) in [6, 6.07) is 16.0. The van der Waals surface area contributed by atoms with E-state index in [1.807, 2.05) is 24.3 Å². The SMILES string of the molecule is COc1ccc(NC(=O)NCCC[NH+]2CCN(c3ccc(SC)cc3)CC2)cc1. The van der Waals surface area contributed by atoms with Crippen LogP contribution in [0, 0.1) is 0 Å². The van der Waals surface area contributed by atoms with Crippen molar-refractivity contribution in [1.29, 1.82) is 0 Å². The lowest BCUT2D eigenvalue weighted by Gasteiger charge is -2.33. The number of thioether (sulfide) groups is 1. The number of hydrogen-bond donors (Lipinski definition) is 3. The third kappa shape index (κ3) is 6.58. The zero-order valence-electron chi connectivity index (χ0n) is 17.2. The molecule has 156 valence electrons. The van der Waals surface area contributed by atoms with E-state index in [-0.39, 0.29) is 6.03 Å². The summed E-state index contributed by atoms with van der Waals surface area (Å²) in [5.41, 5.74) is 2.08. The molecule has 1 saturated heterocycles. The fourth-order valence-corrected chi connectivity index (χ4v) is 3.92. The van der Waals surface area contributed by atoms with Gasteiger partial charge in [-0.25, -0.2) is 4.79 Å². The quantitative estimate of drug-likeness (QED) is 0.458. The van der Waals surface area contributed by atoms with Crippen LogP contribution in [0.1, 0.15) is 6.42 Å². The van der Waals surface area contributed by atoms with Crippen molar-refractivity contribution in [3.8, 4) is 5.75 Å². The number of carbonyl (C=O) groups excluding carboxylic acids is 1. The van der Waals surface area contributed by atoms with Crippen molar-refractivity contribution in [3.63, 3.8) is 0 Å². The first-order valence-corrected chi connectivity index (χ1v) is 11.3. The number of urea groups is 1. The molecule has 29 heavy (non-hydrogen) atoms. The number of ether oxygens (including phenoxy) is 1. The first-order chi connectivity index (χ1) is 14.2. The molecule has 0 aromatic heterocycles. The van der Waals surface area contributed by atoms with Gasteiger partial charge in [-0.05, 0) is 54.8 Å². The van der Waals surface area contributed by atoms with Crippen LogP contribution in [0.2, 0.25) is 0 Å². The topological polar surface area (TPSA) is 58.0 Å². The van der Waals surface area contributed by atoms with E-state index < -0.39 is 0 Å². The summed E-state index contributed by atoms with van der Waals surface area (Å²) < 4.78 is 5.12. The number of quaternary nitrogens is 1. The van der Waals surface area contributed by atoms with Gasteiger partial charge in [0.2, 0.25) is 0 Å². The molecule has 0 atom stereocenters. The molecule has 0 saturated carbocycles. The van der Waals surface area contributed by atoms with Crippen LogP contribution < -0.4 is 25.2 Å². The van der Waals surface area contributed by atoms with E-state index >= 15 is 0 Å². The summed E-state index contributed by atoms with van der Waals surface area (Å²) >= 11 is 1.78. The number of benzene rings is 2.